The maximum atomic E-state index is 12.4. The molecule has 1 aromatic heterocycles. The van der Waals surface area contributed by atoms with Crippen LogP contribution in [-0.4, -0.2) is 16.5 Å². The standard InChI is InChI=1S/C15H20ClN3O2/c1-3-7-18-13(10-21-2)14(17)15(20)19(18)9-11-5-4-6-12(16)8-11/h4-6,8H,3,7,9-10,17H2,1-2H3. The van der Waals surface area contributed by atoms with Crippen LogP contribution >= 0.6 is 11.6 Å². The summed E-state index contributed by atoms with van der Waals surface area (Å²) in [6.45, 7) is 3.53. The number of anilines is 1. The van der Waals surface area contributed by atoms with Crippen LogP contribution < -0.4 is 11.3 Å². The minimum absolute atomic E-state index is 0.185. The molecule has 2 aromatic rings. The van der Waals surface area contributed by atoms with E-state index in [2.05, 4.69) is 6.92 Å². The second kappa shape index (κ2) is 6.83. The summed E-state index contributed by atoms with van der Waals surface area (Å²) in [5, 5.41) is 0.652. The average molecular weight is 310 g/mol. The molecular formula is C15H20ClN3O2. The van der Waals surface area contributed by atoms with Gasteiger partial charge in [-0.25, -0.2) is 4.68 Å². The van der Waals surface area contributed by atoms with Crippen molar-refractivity contribution in [3.8, 4) is 0 Å². The number of methoxy groups -OCH3 is 1. The number of hydrogen-bond acceptors (Lipinski definition) is 3. The van der Waals surface area contributed by atoms with E-state index in [1.54, 1.807) is 11.8 Å². The molecule has 0 fully saturated rings. The number of nitrogens with two attached hydrogens (primary N) is 1. The van der Waals surface area contributed by atoms with Gasteiger partial charge in [-0.3, -0.25) is 9.48 Å². The molecule has 1 heterocycles. The van der Waals surface area contributed by atoms with Gasteiger partial charge in [-0.2, -0.15) is 0 Å². The fourth-order valence-electron chi connectivity index (χ4n) is 2.38. The molecule has 2 N–H and O–H groups in total. The first-order valence-electron chi connectivity index (χ1n) is 6.89. The summed E-state index contributed by atoms with van der Waals surface area (Å²) in [4.78, 5) is 12.4. The van der Waals surface area contributed by atoms with E-state index in [1.165, 1.54) is 0 Å². The number of hydrogen-bond donors (Lipinski definition) is 1. The first-order valence-corrected chi connectivity index (χ1v) is 7.27. The minimum Gasteiger partial charge on any atom is -0.393 e. The van der Waals surface area contributed by atoms with Crippen LogP contribution in [0.1, 0.15) is 24.6 Å². The Kier molecular flexibility index (Phi) is 5.09. The smallest absolute Gasteiger partial charge is 0.290 e. The number of benzene rings is 1. The lowest BCUT2D eigenvalue weighted by Crippen LogP contribution is -2.25. The Bertz CT molecular complexity index is 676. The zero-order valence-electron chi connectivity index (χ0n) is 12.3. The van der Waals surface area contributed by atoms with Crippen molar-refractivity contribution in [3.63, 3.8) is 0 Å². The van der Waals surface area contributed by atoms with Crippen molar-refractivity contribution in [1.82, 2.24) is 9.36 Å². The van der Waals surface area contributed by atoms with Gasteiger partial charge in [0.2, 0.25) is 0 Å². The molecule has 0 bridgehead atoms. The normalized spacial score (nSPS) is 11.0. The molecule has 5 nitrogen and oxygen atoms in total. The number of nitrogen functional groups attached to an aromatic ring is 1. The molecule has 0 aliphatic heterocycles. The van der Waals surface area contributed by atoms with Crippen LogP contribution in [0.4, 0.5) is 5.69 Å². The molecule has 0 aliphatic carbocycles. The highest BCUT2D eigenvalue weighted by Crippen LogP contribution is 2.15. The quantitative estimate of drug-likeness (QED) is 0.891. The van der Waals surface area contributed by atoms with Gasteiger partial charge in [-0.15, -0.1) is 0 Å². The number of rotatable bonds is 6. The highest BCUT2D eigenvalue weighted by molar-refractivity contribution is 6.30. The summed E-state index contributed by atoms with van der Waals surface area (Å²) >= 11 is 6.00. The Hall–Kier alpha value is -1.72. The molecule has 0 saturated carbocycles. The number of ether oxygens (including phenoxy) is 1. The monoisotopic (exact) mass is 309 g/mol. The fourth-order valence-corrected chi connectivity index (χ4v) is 2.59. The van der Waals surface area contributed by atoms with Gasteiger partial charge < -0.3 is 10.5 Å². The number of aromatic nitrogens is 2. The molecule has 21 heavy (non-hydrogen) atoms. The first kappa shape index (κ1) is 15.7. The lowest BCUT2D eigenvalue weighted by atomic mass is 10.2. The summed E-state index contributed by atoms with van der Waals surface area (Å²) in [7, 11) is 1.59. The maximum Gasteiger partial charge on any atom is 0.290 e. The molecule has 114 valence electrons. The van der Waals surface area contributed by atoms with E-state index < -0.39 is 0 Å². The van der Waals surface area contributed by atoms with Crippen LogP contribution in [0.2, 0.25) is 5.02 Å². The van der Waals surface area contributed by atoms with Gasteiger partial charge in [-0.1, -0.05) is 30.7 Å². The van der Waals surface area contributed by atoms with Crippen molar-refractivity contribution in [2.45, 2.75) is 33.0 Å². The molecule has 6 heteroatoms. The molecule has 0 radical (unpaired) electrons. The number of nitrogens with zero attached hydrogens (tertiary/aromatic N) is 2. The van der Waals surface area contributed by atoms with Crippen molar-refractivity contribution in [2.24, 2.45) is 0 Å². The molecule has 0 atom stereocenters. The van der Waals surface area contributed by atoms with Crippen LogP contribution in [-0.2, 0) is 24.4 Å². The van der Waals surface area contributed by atoms with Gasteiger partial charge in [0.05, 0.1) is 18.8 Å². The van der Waals surface area contributed by atoms with E-state index in [-0.39, 0.29) is 11.2 Å². The second-order valence-electron chi connectivity index (χ2n) is 4.91. The van der Waals surface area contributed by atoms with Crippen molar-refractivity contribution < 1.29 is 4.74 Å². The molecule has 2 rings (SSSR count). The lowest BCUT2D eigenvalue weighted by Gasteiger charge is -2.14. The van der Waals surface area contributed by atoms with Gasteiger partial charge >= 0.3 is 0 Å². The van der Waals surface area contributed by atoms with Gasteiger partial charge in [0.15, 0.2) is 0 Å². The summed E-state index contributed by atoms with van der Waals surface area (Å²) in [5.41, 5.74) is 7.71. The zero-order chi connectivity index (χ0) is 15.4. The van der Waals surface area contributed by atoms with Crippen LogP contribution in [0.15, 0.2) is 29.1 Å². The fraction of sp³-hybridized carbons (Fsp3) is 0.400. The SMILES string of the molecule is CCCn1c(COC)c(N)c(=O)n1Cc1cccc(Cl)c1. The third-order valence-electron chi connectivity index (χ3n) is 3.32. The lowest BCUT2D eigenvalue weighted by molar-refractivity contribution is 0.175. The van der Waals surface area contributed by atoms with E-state index in [0.29, 0.717) is 24.7 Å². The minimum atomic E-state index is -0.185. The van der Waals surface area contributed by atoms with Crippen LogP contribution in [0.25, 0.3) is 0 Å². The van der Waals surface area contributed by atoms with Crippen LogP contribution in [0.3, 0.4) is 0 Å². The Morgan fingerprint density at radius 3 is 2.71 bits per heavy atom. The Balaban J connectivity index is 2.46. The molecule has 0 aliphatic rings. The van der Waals surface area contributed by atoms with Crippen molar-refractivity contribution in [2.75, 3.05) is 12.8 Å². The topological polar surface area (TPSA) is 62.2 Å². The number of halogens is 1. The molecule has 1 aromatic carbocycles. The Labute approximate surface area is 128 Å². The van der Waals surface area contributed by atoms with Gasteiger partial charge in [0.25, 0.3) is 5.56 Å². The summed E-state index contributed by atoms with van der Waals surface area (Å²) in [6, 6.07) is 7.47. The van der Waals surface area contributed by atoms with E-state index in [0.717, 1.165) is 17.7 Å². The highest BCUT2D eigenvalue weighted by Gasteiger charge is 2.17. The molecule has 0 saturated heterocycles. The Morgan fingerprint density at radius 1 is 1.33 bits per heavy atom. The van der Waals surface area contributed by atoms with E-state index >= 15 is 0 Å². The van der Waals surface area contributed by atoms with Crippen LogP contribution in [0, 0.1) is 0 Å². The average Bonchev–Trinajstić information content (AvgIpc) is 2.66. The predicted molar refractivity (Wildman–Crippen MR) is 84.7 cm³/mol. The highest BCUT2D eigenvalue weighted by atomic mass is 35.5. The summed E-state index contributed by atoms with van der Waals surface area (Å²) in [6.07, 6.45) is 0.903. The van der Waals surface area contributed by atoms with Gasteiger partial charge in [0.1, 0.15) is 5.69 Å². The predicted octanol–water partition coefficient (Wildman–Crippen LogP) is 2.49. The summed E-state index contributed by atoms with van der Waals surface area (Å²) in [5.74, 6) is 0. The first-order chi connectivity index (χ1) is 10.1. The van der Waals surface area contributed by atoms with Crippen molar-refractivity contribution in [3.05, 3.63) is 50.9 Å². The van der Waals surface area contributed by atoms with E-state index in [9.17, 15) is 4.79 Å². The third-order valence-corrected chi connectivity index (χ3v) is 3.55. The third kappa shape index (κ3) is 3.31. The van der Waals surface area contributed by atoms with Crippen LogP contribution in [0.5, 0.6) is 0 Å². The molecular weight excluding hydrogens is 290 g/mol. The van der Waals surface area contributed by atoms with Crippen molar-refractivity contribution in [1.29, 1.82) is 0 Å². The molecule has 0 amide bonds. The second-order valence-corrected chi connectivity index (χ2v) is 5.35. The largest absolute Gasteiger partial charge is 0.393 e. The maximum absolute atomic E-state index is 12.4. The molecule has 0 spiro atoms. The van der Waals surface area contributed by atoms with E-state index in [4.69, 9.17) is 22.1 Å². The van der Waals surface area contributed by atoms with Crippen molar-refractivity contribution >= 4 is 17.3 Å². The summed E-state index contributed by atoms with van der Waals surface area (Å²) < 4.78 is 8.72. The Morgan fingerprint density at radius 2 is 2.10 bits per heavy atom. The molecule has 0 unspecified atom stereocenters. The zero-order valence-corrected chi connectivity index (χ0v) is 13.1. The van der Waals surface area contributed by atoms with Gasteiger partial charge in [-0.05, 0) is 24.1 Å². The van der Waals surface area contributed by atoms with E-state index in [1.807, 2.05) is 28.9 Å². The van der Waals surface area contributed by atoms with Gasteiger partial charge in [0, 0.05) is 18.7 Å².